The molecule has 142 valence electrons. The second kappa shape index (κ2) is 7.29. The molecule has 4 heterocycles. The first kappa shape index (κ1) is 17.9. The van der Waals surface area contributed by atoms with Crippen LogP contribution in [0.15, 0.2) is 30.5 Å². The maximum Gasteiger partial charge on any atom is 0.211 e. The Labute approximate surface area is 155 Å². The topological polar surface area (TPSA) is 57.9 Å². The molecule has 0 unspecified atom stereocenters. The molecule has 0 N–H and O–H groups in total. The van der Waals surface area contributed by atoms with Gasteiger partial charge in [-0.25, -0.2) is 17.2 Å². The molecule has 4 rings (SSSR count). The fourth-order valence-corrected chi connectivity index (χ4v) is 5.49. The van der Waals surface area contributed by atoms with Gasteiger partial charge in [-0.2, -0.15) is 5.10 Å². The maximum atomic E-state index is 11.7. The highest BCUT2D eigenvalue weighted by Crippen LogP contribution is 2.33. The molecule has 0 aliphatic carbocycles. The lowest BCUT2D eigenvalue weighted by Crippen LogP contribution is -2.42. The van der Waals surface area contributed by atoms with Crippen molar-refractivity contribution < 1.29 is 8.42 Å². The van der Waals surface area contributed by atoms with Crippen LogP contribution in [0.25, 0.3) is 5.52 Å². The van der Waals surface area contributed by atoms with Gasteiger partial charge < -0.3 is 0 Å². The molecule has 2 aliphatic heterocycles. The van der Waals surface area contributed by atoms with Gasteiger partial charge in [0.25, 0.3) is 0 Å². The Bertz CT molecular complexity index is 847. The summed E-state index contributed by atoms with van der Waals surface area (Å²) < 4.78 is 27.0. The fraction of sp³-hybridized carbons (Fsp3) is 0.632. The first-order valence-electron chi connectivity index (χ1n) is 9.60. The summed E-state index contributed by atoms with van der Waals surface area (Å²) in [5, 5.41) is 4.44. The molecule has 0 atom stereocenters. The van der Waals surface area contributed by atoms with Gasteiger partial charge >= 0.3 is 0 Å². The molecule has 2 aromatic rings. The fourth-order valence-electron chi connectivity index (χ4n) is 4.62. The number of hydrogen-bond donors (Lipinski definition) is 0. The minimum atomic E-state index is -3.02. The minimum Gasteiger partial charge on any atom is -0.297 e. The molecule has 0 bridgehead atoms. The Morgan fingerprint density at radius 3 is 2.31 bits per heavy atom. The van der Waals surface area contributed by atoms with E-state index in [1.807, 2.05) is 16.8 Å². The summed E-state index contributed by atoms with van der Waals surface area (Å²) in [4.78, 5) is 2.53. The molecule has 0 spiro atoms. The normalized spacial score (nSPS) is 22.2. The van der Waals surface area contributed by atoms with Crippen LogP contribution in [0.3, 0.4) is 0 Å². The molecule has 0 aromatic carbocycles. The van der Waals surface area contributed by atoms with E-state index in [0.29, 0.717) is 19.0 Å². The highest BCUT2D eigenvalue weighted by molar-refractivity contribution is 7.88. The minimum absolute atomic E-state index is 0.685. The lowest BCUT2D eigenvalue weighted by Gasteiger charge is -2.39. The molecule has 26 heavy (non-hydrogen) atoms. The van der Waals surface area contributed by atoms with Crippen LogP contribution in [0.5, 0.6) is 0 Å². The van der Waals surface area contributed by atoms with Crippen molar-refractivity contribution in [3.05, 3.63) is 36.2 Å². The van der Waals surface area contributed by atoms with E-state index < -0.39 is 10.0 Å². The number of fused-ring (bicyclic) bond motifs is 1. The lowest BCUT2D eigenvalue weighted by molar-refractivity contribution is 0.112. The predicted octanol–water partition coefficient (Wildman–Crippen LogP) is 2.22. The van der Waals surface area contributed by atoms with Crippen molar-refractivity contribution in [1.29, 1.82) is 0 Å². The van der Waals surface area contributed by atoms with Gasteiger partial charge in [0.2, 0.25) is 10.0 Å². The van der Waals surface area contributed by atoms with Gasteiger partial charge in [0.05, 0.1) is 17.5 Å². The molecular formula is C19H28N4O2S. The summed E-state index contributed by atoms with van der Waals surface area (Å²) in [7, 11) is -3.02. The summed E-state index contributed by atoms with van der Waals surface area (Å²) in [6.45, 7) is 4.58. The Morgan fingerprint density at radius 2 is 1.65 bits per heavy atom. The average Bonchev–Trinajstić information content (AvgIpc) is 3.12. The van der Waals surface area contributed by atoms with Crippen LogP contribution in [0.2, 0.25) is 0 Å². The van der Waals surface area contributed by atoms with E-state index in [1.165, 1.54) is 24.8 Å². The number of likely N-dealkylation sites (tertiary alicyclic amines) is 1. The molecule has 2 aliphatic rings. The summed E-state index contributed by atoms with van der Waals surface area (Å²) in [5.41, 5.74) is 2.39. The predicted molar refractivity (Wildman–Crippen MR) is 102 cm³/mol. The molecule has 6 nitrogen and oxygen atoms in total. The van der Waals surface area contributed by atoms with Gasteiger partial charge in [0.15, 0.2) is 0 Å². The van der Waals surface area contributed by atoms with Crippen molar-refractivity contribution in [3.8, 4) is 0 Å². The third-order valence-electron chi connectivity index (χ3n) is 6.15. The quantitative estimate of drug-likeness (QED) is 0.821. The number of piperidine rings is 2. The largest absolute Gasteiger partial charge is 0.297 e. The number of rotatable bonds is 4. The van der Waals surface area contributed by atoms with E-state index >= 15 is 0 Å². The Balaban J connectivity index is 1.30. The third kappa shape index (κ3) is 3.80. The Hall–Kier alpha value is -1.44. The zero-order chi connectivity index (χ0) is 18.1. The standard InChI is InChI=1S/C19H28N4O2S/c1-26(24,25)22-13-8-17(9-14-22)16-6-11-21(12-7-16)15-19-4-2-3-18-5-10-20-23(18)19/h2-5,10,16-17H,6-9,11-15H2,1H3. The molecule has 0 amide bonds. The molecule has 2 fully saturated rings. The van der Waals surface area contributed by atoms with E-state index in [2.05, 4.69) is 28.2 Å². The summed E-state index contributed by atoms with van der Waals surface area (Å²) in [6.07, 6.45) is 7.66. The van der Waals surface area contributed by atoms with Gasteiger partial charge in [-0.1, -0.05) is 6.07 Å². The molecule has 0 radical (unpaired) electrons. The first-order chi connectivity index (χ1) is 12.5. The van der Waals surface area contributed by atoms with Crippen molar-refractivity contribution in [3.63, 3.8) is 0 Å². The van der Waals surface area contributed by atoms with E-state index in [1.54, 1.807) is 4.31 Å². The zero-order valence-electron chi connectivity index (χ0n) is 15.4. The van der Waals surface area contributed by atoms with Crippen LogP contribution in [0, 0.1) is 11.8 Å². The van der Waals surface area contributed by atoms with Crippen LogP contribution >= 0.6 is 0 Å². The van der Waals surface area contributed by atoms with Gasteiger partial charge in [0, 0.05) is 25.8 Å². The zero-order valence-corrected chi connectivity index (χ0v) is 16.2. The van der Waals surface area contributed by atoms with Gasteiger partial charge in [-0.3, -0.25) is 4.90 Å². The number of sulfonamides is 1. The second-order valence-corrected chi connectivity index (χ2v) is 9.78. The summed E-state index contributed by atoms with van der Waals surface area (Å²) in [6, 6.07) is 8.39. The Morgan fingerprint density at radius 1 is 1.00 bits per heavy atom. The number of hydrogen-bond acceptors (Lipinski definition) is 4. The smallest absolute Gasteiger partial charge is 0.211 e. The maximum absolute atomic E-state index is 11.7. The highest BCUT2D eigenvalue weighted by Gasteiger charge is 2.31. The summed E-state index contributed by atoms with van der Waals surface area (Å²) >= 11 is 0. The average molecular weight is 377 g/mol. The van der Waals surface area contributed by atoms with E-state index in [0.717, 1.165) is 43.9 Å². The number of aromatic nitrogens is 2. The van der Waals surface area contributed by atoms with Gasteiger partial charge in [-0.15, -0.1) is 0 Å². The van der Waals surface area contributed by atoms with Gasteiger partial charge in [0.1, 0.15) is 0 Å². The van der Waals surface area contributed by atoms with Crippen LogP contribution in [0.4, 0.5) is 0 Å². The molecule has 7 heteroatoms. The monoisotopic (exact) mass is 376 g/mol. The van der Waals surface area contributed by atoms with Crippen molar-refractivity contribution in [2.45, 2.75) is 32.2 Å². The van der Waals surface area contributed by atoms with E-state index in [-0.39, 0.29) is 0 Å². The van der Waals surface area contributed by atoms with Gasteiger partial charge in [-0.05, 0) is 68.8 Å². The molecule has 2 aromatic heterocycles. The van der Waals surface area contributed by atoms with E-state index in [4.69, 9.17) is 0 Å². The van der Waals surface area contributed by atoms with Crippen LogP contribution in [0.1, 0.15) is 31.4 Å². The number of pyridine rings is 1. The second-order valence-electron chi connectivity index (χ2n) is 7.80. The first-order valence-corrected chi connectivity index (χ1v) is 11.4. The van der Waals surface area contributed by atoms with Crippen LogP contribution in [-0.2, 0) is 16.6 Å². The third-order valence-corrected chi connectivity index (χ3v) is 7.45. The lowest BCUT2D eigenvalue weighted by atomic mass is 9.79. The van der Waals surface area contributed by atoms with Crippen LogP contribution < -0.4 is 0 Å². The molecule has 0 saturated carbocycles. The Kier molecular flexibility index (Phi) is 5.03. The van der Waals surface area contributed by atoms with E-state index in [9.17, 15) is 8.42 Å². The highest BCUT2D eigenvalue weighted by atomic mass is 32.2. The van der Waals surface area contributed by atoms with Crippen molar-refractivity contribution in [1.82, 2.24) is 18.8 Å². The van der Waals surface area contributed by atoms with Crippen molar-refractivity contribution >= 4 is 15.5 Å². The molecule has 2 saturated heterocycles. The summed E-state index contributed by atoms with van der Waals surface area (Å²) in [5.74, 6) is 1.43. The number of nitrogens with zero attached hydrogens (tertiary/aromatic N) is 4. The van der Waals surface area contributed by atoms with Crippen molar-refractivity contribution in [2.24, 2.45) is 11.8 Å². The van der Waals surface area contributed by atoms with Crippen molar-refractivity contribution in [2.75, 3.05) is 32.4 Å². The molecular weight excluding hydrogens is 348 g/mol. The SMILES string of the molecule is CS(=O)(=O)N1CCC(C2CCN(Cc3cccc4ccnn34)CC2)CC1. The van der Waals surface area contributed by atoms with Crippen LogP contribution in [-0.4, -0.2) is 59.7 Å².